The van der Waals surface area contributed by atoms with Crippen LogP contribution in [-0.4, -0.2) is 27.0 Å². The first kappa shape index (κ1) is 20.4. The molecule has 1 amide bonds. The summed E-state index contributed by atoms with van der Waals surface area (Å²) in [6.45, 7) is 3.71. The lowest BCUT2D eigenvalue weighted by molar-refractivity contribution is -0.274. The number of hydrogen-bond donors (Lipinski definition) is 1. The second kappa shape index (κ2) is 8.34. The number of nitrogens with zero attached hydrogens (tertiary/aromatic N) is 3. The van der Waals surface area contributed by atoms with E-state index < -0.39 is 12.3 Å². The summed E-state index contributed by atoms with van der Waals surface area (Å²) in [6.07, 6.45) is -1.76. The summed E-state index contributed by atoms with van der Waals surface area (Å²) < 4.78 is 43.3. The van der Waals surface area contributed by atoms with Crippen LogP contribution in [0.2, 0.25) is 0 Å². The van der Waals surface area contributed by atoms with E-state index in [2.05, 4.69) is 20.1 Å². The van der Waals surface area contributed by atoms with Crippen molar-refractivity contribution in [1.29, 1.82) is 0 Å². The van der Waals surface area contributed by atoms with Crippen molar-refractivity contribution in [3.8, 4) is 11.6 Å². The third-order valence-corrected chi connectivity index (χ3v) is 4.10. The standard InChI is InChI=1S/C20H19F3N4O2/c1-13(2)18-15(12-26-27(18)17-9-5-6-10-24-17)19(28)25-11-14-7-3-4-8-16(14)29-20(21,22)23/h3-10,12-13H,11H2,1-2H3,(H,25,28). The molecule has 29 heavy (non-hydrogen) atoms. The van der Waals surface area contributed by atoms with Crippen molar-refractivity contribution in [2.75, 3.05) is 0 Å². The van der Waals surface area contributed by atoms with Crippen LogP contribution in [0.5, 0.6) is 5.75 Å². The van der Waals surface area contributed by atoms with Crippen LogP contribution in [0.15, 0.2) is 54.9 Å². The zero-order chi connectivity index (χ0) is 21.0. The molecule has 0 unspecified atom stereocenters. The van der Waals surface area contributed by atoms with Crippen molar-refractivity contribution in [2.24, 2.45) is 0 Å². The molecule has 1 N–H and O–H groups in total. The maximum atomic E-state index is 12.7. The Bertz CT molecular complexity index is 985. The summed E-state index contributed by atoms with van der Waals surface area (Å²) in [4.78, 5) is 17.0. The molecule has 9 heteroatoms. The highest BCUT2D eigenvalue weighted by molar-refractivity contribution is 5.95. The van der Waals surface area contributed by atoms with Gasteiger partial charge in [-0.25, -0.2) is 9.67 Å². The molecular weight excluding hydrogens is 385 g/mol. The molecule has 0 aliphatic heterocycles. The zero-order valence-corrected chi connectivity index (χ0v) is 15.8. The summed E-state index contributed by atoms with van der Waals surface area (Å²) in [5.41, 5.74) is 1.20. The first-order valence-electron chi connectivity index (χ1n) is 8.87. The molecule has 0 atom stereocenters. The predicted octanol–water partition coefficient (Wildman–Crippen LogP) is 4.22. The topological polar surface area (TPSA) is 69.0 Å². The lowest BCUT2D eigenvalue weighted by atomic mass is 10.1. The van der Waals surface area contributed by atoms with E-state index in [9.17, 15) is 18.0 Å². The molecule has 0 aliphatic rings. The number of amides is 1. The zero-order valence-electron chi connectivity index (χ0n) is 15.8. The number of hydrogen-bond acceptors (Lipinski definition) is 4. The van der Waals surface area contributed by atoms with Crippen LogP contribution < -0.4 is 10.1 Å². The minimum Gasteiger partial charge on any atom is -0.405 e. The SMILES string of the molecule is CC(C)c1c(C(=O)NCc2ccccc2OC(F)(F)F)cnn1-c1ccccn1. The van der Waals surface area contributed by atoms with E-state index in [1.165, 1.54) is 24.4 Å². The van der Waals surface area contributed by atoms with Gasteiger partial charge in [0.15, 0.2) is 5.82 Å². The van der Waals surface area contributed by atoms with Crippen LogP contribution in [0.3, 0.4) is 0 Å². The molecule has 6 nitrogen and oxygen atoms in total. The Labute approximate surface area is 165 Å². The molecule has 0 radical (unpaired) electrons. The van der Waals surface area contributed by atoms with Gasteiger partial charge in [0.2, 0.25) is 0 Å². The van der Waals surface area contributed by atoms with Gasteiger partial charge in [0.25, 0.3) is 5.91 Å². The highest BCUT2D eigenvalue weighted by Gasteiger charge is 2.32. The number of pyridine rings is 1. The lowest BCUT2D eigenvalue weighted by Gasteiger charge is -2.14. The van der Waals surface area contributed by atoms with Gasteiger partial charge < -0.3 is 10.1 Å². The third-order valence-electron chi connectivity index (χ3n) is 4.10. The molecule has 0 saturated carbocycles. The molecule has 152 valence electrons. The smallest absolute Gasteiger partial charge is 0.405 e. The Hall–Kier alpha value is -3.36. The van der Waals surface area contributed by atoms with Crippen molar-refractivity contribution in [3.63, 3.8) is 0 Å². The Morgan fingerprint density at radius 2 is 1.90 bits per heavy atom. The highest BCUT2D eigenvalue weighted by Crippen LogP contribution is 2.26. The quantitative estimate of drug-likeness (QED) is 0.668. The number of aromatic nitrogens is 3. The second-order valence-electron chi connectivity index (χ2n) is 6.54. The first-order valence-corrected chi connectivity index (χ1v) is 8.87. The molecule has 0 fully saturated rings. The van der Waals surface area contributed by atoms with Gasteiger partial charge in [-0.2, -0.15) is 5.10 Å². The Balaban J connectivity index is 1.82. The first-order chi connectivity index (χ1) is 13.8. The van der Waals surface area contributed by atoms with E-state index >= 15 is 0 Å². The number of carbonyl (C=O) groups is 1. The van der Waals surface area contributed by atoms with Crippen molar-refractivity contribution < 1.29 is 22.7 Å². The number of halogens is 3. The van der Waals surface area contributed by atoms with Gasteiger partial charge in [0.05, 0.1) is 17.5 Å². The molecular formula is C20H19F3N4O2. The molecule has 3 aromatic rings. The maximum Gasteiger partial charge on any atom is 0.573 e. The van der Waals surface area contributed by atoms with Crippen molar-refractivity contribution in [1.82, 2.24) is 20.1 Å². The van der Waals surface area contributed by atoms with Crippen molar-refractivity contribution in [3.05, 3.63) is 71.7 Å². The molecule has 0 bridgehead atoms. The maximum absolute atomic E-state index is 12.7. The van der Waals surface area contributed by atoms with Gasteiger partial charge in [-0.15, -0.1) is 13.2 Å². The summed E-state index contributed by atoms with van der Waals surface area (Å²) in [5.74, 6) is -0.272. The summed E-state index contributed by atoms with van der Waals surface area (Å²) in [7, 11) is 0. The van der Waals surface area contributed by atoms with E-state index in [4.69, 9.17) is 0 Å². The average Bonchev–Trinajstić information content (AvgIpc) is 3.12. The average molecular weight is 404 g/mol. The fourth-order valence-corrected chi connectivity index (χ4v) is 2.89. The van der Waals surface area contributed by atoms with E-state index in [1.54, 1.807) is 29.1 Å². The van der Waals surface area contributed by atoms with Gasteiger partial charge in [-0.05, 0) is 24.1 Å². The van der Waals surface area contributed by atoms with Crippen LogP contribution in [-0.2, 0) is 6.54 Å². The number of ether oxygens (including phenoxy) is 1. The second-order valence-corrected chi connectivity index (χ2v) is 6.54. The summed E-state index contributed by atoms with van der Waals surface area (Å²) in [5, 5.41) is 6.91. The molecule has 1 aromatic carbocycles. The van der Waals surface area contributed by atoms with E-state index in [0.717, 1.165) is 0 Å². The highest BCUT2D eigenvalue weighted by atomic mass is 19.4. The number of nitrogens with one attached hydrogen (secondary N) is 1. The fourth-order valence-electron chi connectivity index (χ4n) is 2.89. The fraction of sp³-hybridized carbons (Fsp3) is 0.250. The Morgan fingerprint density at radius 1 is 1.17 bits per heavy atom. The number of benzene rings is 1. The molecule has 2 heterocycles. The van der Waals surface area contributed by atoms with Gasteiger partial charge >= 0.3 is 6.36 Å². The molecule has 0 saturated heterocycles. The van der Waals surface area contributed by atoms with Gasteiger partial charge in [0, 0.05) is 18.3 Å². The minimum atomic E-state index is -4.81. The van der Waals surface area contributed by atoms with Gasteiger partial charge in [-0.3, -0.25) is 4.79 Å². The largest absolute Gasteiger partial charge is 0.573 e. The van der Waals surface area contributed by atoms with Gasteiger partial charge in [0.1, 0.15) is 5.75 Å². The minimum absolute atomic E-state index is 0.0406. The predicted molar refractivity (Wildman–Crippen MR) is 99.7 cm³/mol. The number of alkyl halides is 3. The van der Waals surface area contributed by atoms with Crippen molar-refractivity contribution in [2.45, 2.75) is 32.7 Å². The van der Waals surface area contributed by atoms with Crippen LogP contribution in [0.4, 0.5) is 13.2 Å². The normalized spacial score (nSPS) is 11.5. The Kier molecular flexibility index (Phi) is 5.86. The van der Waals surface area contributed by atoms with Gasteiger partial charge in [-0.1, -0.05) is 38.1 Å². The monoisotopic (exact) mass is 404 g/mol. The molecule has 0 aliphatic carbocycles. The van der Waals surface area contributed by atoms with E-state index in [-0.39, 0.29) is 23.8 Å². The van der Waals surface area contributed by atoms with E-state index in [1.807, 2.05) is 19.9 Å². The lowest BCUT2D eigenvalue weighted by Crippen LogP contribution is -2.25. The van der Waals surface area contributed by atoms with Crippen LogP contribution in [0.25, 0.3) is 5.82 Å². The number of rotatable bonds is 6. The molecule has 3 rings (SSSR count). The van der Waals surface area contributed by atoms with E-state index in [0.29, 0.717) is 17.1 Å². The van der Waals surface area contributed by atoms with Crippen LogP contribution in [0, 0.1) is 0 Å². The summed E-state index contributed by atoms with van der Waals surface area (Å²) in [6, 6.07) is 11.0. The van der Waals surface area contributed by atoms with Crippen LogP contribution in [0.1, 0.15) is 41.4 Å². The third kappa shape index (κ3) is 4.92. The number of para-hydroxylation sites is 1. The molecule has 0 spiro atoms. The van der Waals surface area contributed by atoms with Crippen LogP contribution >= 0.6 is 0 Å². The Morgan fingerprint density at radius 3 is 2.55 bits per heavy atom. The van der Waals surface area contributed by atoms with Crippen molar-refractivity contribution >= 4 is 5.91 Å². The number of carbonyl (C=O) groups excluding carboxylic acids is 1. The summed E-state index contributed by atoms with van der Waals surface area (Å²) >= 11 is 0. The molecule has 2 aromatic heterocycles.